The van der Waals surface area contributed by atoms with Gasteiger partial charge in [0, 0.05) is 62.7 Å². The van der Waals surface area contributed by atoms with E-state index in [9.17, 15) is 5.26 Å². The van der Waals surface area contributed by atoms with Gasteiger partial charge in [-0.2, -0.15) is 10.4 Å². The monoisotopic (exact) mass is 424 g/mol. The predicted octanol–water partition coefficient (Wildman–Crippen LogP) is 3.25. The van der Waals surface area contributed by atoms with Crippen LogP contribution in [-0.4, -0.2) is 50.0 Å². The Balaban J connectivity index is 1.39. The first kappa shape index (κ1) is 19.8. The van der Waals surface area contributed by atoms with Crippen molar-refractivity contribution in [3.63, 3.8) is 0 Å². The van der Waals surface area contributed by atoms with Gasteiger partial charge in [0.05, 0.1) is 18.0 Å². The first-order valence-electron chi connectivity index (χ1n) is 10.6. The van der Waals surface area contributed by atoms with Gasteiger partial charge in [-0.05, 0) is 37.3 Å². The molecule has 0 saturated carbocycles. The topological polar surface area (TPSA) is 78.8 Å². The summed E-state index contributed by atoms with van der Waals surface area (Å²) in [5.41, 5.74) is 3.67. The van der Waals surface area contributed by atoms with Gasteiger partial charge in [-0.3, -0.25) is 4.68 Å². The number of anilines is 2. The van der Waals surface area contributed by atoms with Crippen LogP contribution >= 0.6 is 0 Å². The molecule has 4 heterocycles. The van der Waals surface area contributed by atoms with Crippen molar-refractivity contribution in [3.8, 4) is 23.1 Å². The van der Waals surface area contributed by atoms with E-state index in [0.29, 0.717) is 17.2 Å². The van der Waals surface area contributed by atoms with E-state index in [0.717, 1.165) is 30.9 Å². The lowest BCUT2D eigenvalue weighted by Crippen LogP contribution is -2.52. The van der Waals surface area contributed by atoms with Crippen LogP contribution in [0.15, 0.2) is 67.4 Å². The van der Waals surface area contributed by atoms with Crippen molar-refractivity contribution in [1.82, 2.24) is 24.3 Å². The van der Waals surface area contributed by atoms with Gasteiger partial charge in [-0.15, -0.1) is 0 Å². The zero-order chi connectivity index (χ0) is 22.1. The summed E-state index contributed by atoms with van der Waals surface area (Å²) in [4.78, 5) is 13.8. The third-order valence-corrected chi connectivity index (χ3v) is 5.85. The van der Waals surface area contributed by atoms with Gasteiger partial charge >= 0.3 is 0 Å². The zero-order valence-corrected chi connectivity index (χ0v) is 18.1. The molecule has 0 radical (unpaired) electrons. The second kappa shape index (κ2) is 8.19. The first-order valence-corrected chi connectivity index (χ1v) is 10.6. The summed E-state index contributed by atoms with van der Waals surface area (Å²) in [7, 11) is 1.86. The van der Waals surface area contributed by atoms with Crippen LogP contribution < -0.4 is 9.80 Å². The average molecular weight is 425 g/mol. The quantitative estimate of drug-likeness (QED) is 0.500. The van der Waals surface area contributed by atoms with Crippen LogP contribution in [0.1, 0.15) is 12.5 Å². The molecule has 0 N–H and O–H groups in total. The van der Waals surface area contributed by atoms with Crippen LogP contribution in [0.5, 0.6) is 0 Å². The molecule has 1 unspecified atom stereocenters. The highest BCUT2D eigenvalue weighted by Gasteiger charge is 2.27. The van der Waals surface area contributed by atoms with E-state index < -0.39 is 0 Å². The number of aryl methyl sites for hydroxylation is 1. The Kier molecular flexibility index (Phi) is 5.07. The van der Waals surface area contributed by atoms with Crippen LogP contribution in [0.25, 0.3) is 17.1 Å². The van der Waals surface area contributed by atoms with E-state index >= 15 is 0 Å². The third kappa shape index (κ3) is 3.69. The SMILES string of the molecule is CC1CN(c2cccc(-n3cccc3)c2)CCN1c1nc(-c2cnn(C)c2)ncc1C#N. The molecule has 1 aromatic carbocycles. The van der Waals surface area contributed by atoms with Gasteiger partial charge in [0.2, 0.25) is 0 Å². The van der Waals surface area contributed by atoms with Gasteiger partial charge in [-0.1, -0.05) is 6.07 Å². The van der Waals surface area contributed by atoms with Gasteiger partial charge in [0.25, 0.3) is 0 Å². The molecule has 1 fully saturated rings. The fraction of sp³-hybridized carbons (Fsp3) is 0.250. The summed E-state index contributed by atoms with van der Waals surface area (Å²) in [5.74, 6) is 1.27. The van der Waals surface area contributed by atoms with E-state index in [-0.39, 0.29) is 6.04 Å². The number of nitriles is 1. The van der Waals surface area contributed by atoms with Crippen molar-refractivity contribution in [2.75, 3.05) is 29.4 Å². The van der Waals surface area contributed by atoms with Gasteiger partial charge in [0.1, 0.15) is 11.6 Å². The largest absolute Gasteiger partial charge is 0.368 e. The summed E-state index contributed by atoms with van der Waals surface area (Å²) >= 11 is 0. The molecule has 0 aliphatic carbocycles. The minimum absolute atomic E-state index is 0.183. The van der Waals surface area contributed by atoms with Crippen molar-refractivity contribution in [2.45, 2.75) is 13.0 Å². The highest BCUT2D eigenvalue weighted by Crippen LogP contribution is 2.28. The Morgan fingerprint density at radius 3 is 2.59 bits per heavy atom. The van der Waals surface area contributed by atoms with E-state index in [1.807, 2.05) is 25.4 Å². The van der Waals surface area contributed by atoms with Crippen LogP contribution in [0.2, 0.25) is 0 Å². The molecular weight excluding hydrogens is 400 g/mol. The van der Waals surface area contributed by atoms with Crippen LogP contribution in [0, 0.1) is 11.3 Å². The van der Waals surface area contributed by atoms with Gasteiger partial charge in [0.15, 0.2) is 11.6 Å². The number of benzene rings is 1. The number of aromatic nitrogens is 5. The number of hydrogen-bond donors (Lipinski definition) is 0. The van der Waals surface area contributed by atoms with E-state index in [1.165, 1.54) is 5.69 Å². The second-order valence-electron chi connectivity index (χ2n) is 8.04. The van der Waals surface area contributed by atoms with Gasteiger partial charge < -0.3 is 14.4 Å². The maximum Gasteiger partial charge on any atom is 0.164 e. The summed E-state index contributed by atoms with van der Waals surface area (Å²) < 4.78 is 3.84. The third-order valence-electron chi connectivity index (χ3n) is 5.85. The molecule has 8 heteroatoms. The Bertz CT molecular complexity index is 1270. The van der Waals surface area contributed by atoms with Crippen molar-refractivity contribution in [1.29, 1.82) is 5.26 Å². The van der Waals surface area contributed by atoms with Crippen molar-refractivity contribution < 1.29 is 0 Å². The molecule has 1 aliphatic heterocycles. The zero-order valence-electron chi connectivity index (χ0n) is 18.1. The Labute approximate surface area is 187 Å². The molecular formula is C24H24N8. The molecule has 4 aromatic rings. The fourth-order valence-electron chi connectivity index (χ4n) is 4.21. The molecule has 3 aromatic heterocycles. The number of rotatable bonds is 4. The molecule has 0 bridgehead atoms. The Morgan fingerprint density at radius 1 is 1.06 bits per heavy atom. The van der Waals surface area contributed by atoms with E-state index in [2.05, 4.69) is 74.1 Å². The lowest BCUT2D eigenvalue weighted by atomic mass is 10.1. The number of nitrogens with zero attached hydrogens (tertiary/aromatic N) is 8. The van der Waals surface area contributed by atoms with Crippen molar-refractivity contribution in [3.05, 3.63) is 72.9 Å². The normalized spacial score (nSPS) is 16.2. The lowest BCUT2D eigenvalue weighted by molar-refractivity contribution is 0.545. The highest BCUT2D eigenvalue weighted by molar-refractivity contribution is 5.62. The predicted molar refractivity (Wildman–Crippen MR) is 124 cm³/mol. The van der Waals surface area contributed by atoms with E-state index in [1.54, 1.807) is 17.1 Å². The average Bonchev–Trinajstić information content (AvgIpc) is 3.51. The van der Waals surface area contributed by atoms with Gasteiger partial charge in [-0.25, -0.2) is 9.97 Å². The minimum atomic E-state index is 0.183. The van der Waals surface area contributed by atoms with E-state index in [4.69, 9.17) is 4.98 Å². The molecule has 5 rings (SSSR count). The highest BCUT2D eigenvalue weighted by atomic mass is 15.3. The summed E-state index contributed by atoms with van der Waals surface area (Å²) in [6.07, 6.45) is 9.34. The maximum atomic E-state index is 9.67. The minimum Gasteiger partial charge on any atom is -0.368 e. The van der Waals surface area contributed by atoms with Crippen LogP contribution in [-0.2, 0) is 7.05 Å². The Hall–Kier alpha value is -4.12. The van der Waals surface area contributed by atoms with Crippen molar-refractivity contribution in [2.24, 2.45) is 7.05 Å². The van der Waals surface area contributed by atoms with Crippen LogP contribution in [0.4, 0.5) is 11.5 Å². The summed E-state index contributed by atoms with van der Waals surface area (Å²) in [6.45, 7) is 4.63. The molecule has 160 valence electrons. The lowest BCUT2D eigenvalue weighted by Gasteiger charge is -2.42. The number of hydrogen-bond acceptors (Lipinski definition) is 6. The summed E-state index contributed by atoms with van der Waals surface area (Å²) in [5, 5.41) is 13.9. The molecule has 0 spiro atoms. The maximum absolute atomic E-state index is 9.67. The smallest absolute Gasteiger partial charge is 0.164 e. The molecule has 0 amide bonds. The standard InChI is InChI=1S/C24H24N8/c1-18-16-31(22-7-5-6-21(12-22)30-8-3-4-9-30)10-11-32(18)24-19(13-25)14-26-23(28-24)20-15-27-29(2)17-20/h3-9,12,14-15,17-18H,10-11,16H2,1-2H3. The molecule has 1 aliphatic rings. The fourth-order valence-corrected chi connectivity index (χ4v) is 4.21. The molecule has 1 saturated heterocycles. The summed E-state index contributed by atoms with van der Waals surface area (Å²) in [6, 6.07) is 15.1. The first-order chi connectivity index (χ1) is 15.6. The van der Waals surface area contributed by atoms with Crippen molar-refractivity contribution >= 4 is 11.5 Å². The van der Waals surface area contributed by atoms with Crippen LogP contribution in [0.3, 0.4) is 0 Å². The molecule has 1 atom stereocenters. The second-order valence-corrected chi connectivity index (χ2v) is 8.04. The number of piperazine rings is 1. The molecule has 8 nitrogen and oxygen atoms in total. The Morgan fingerprint density at radius 2 is 1.88 bits per heavy atom. The molecule has 32 heavy (non-hydrogen) atoms.